The first-order valence-electron chi connectivity index (χ1n) is 4.36. The maximum Gasteiger partial charge on any atom is 0.127 e. The van der Waals surface area contributed by atoms with Gasteiger partial charge in [-0.15, -0.1) is 0 Å². The Hall–Kier alpha value is -1.36. The van der Waals surface area contributed by atoms with E-state index in [9.17, 15) is 4.39 Å². The van der Waals surface area contributed by atoms with Gasteiger partial charge in [-0.3, -0.25) is 0 Å². The lowest BCUT2D eigenvalue weighted by atomic mass is 10.1. The molecule has 1 aromatic rings. The summed E-state index contributed by atoms with van der Waals surface area (Å²) in [5, 5.41) is 8.30. The van der Waals surface area contributed by atoms with Gasteiger partial charge in [0, 0.05) is 5.56 Å². The molecule has 70 valence electrons. The number of hydrogen-bond donors (Lipinski definition) is 0. The molecule has 0 fully saturated rings. The lowest BCUT2D eigenvalue weighted by molar-refractivity contribution is 0.614. The van der Waals surface area contributed by atoms with E-state index in [0.717, 1.165) is 5.56 Å². The molecule has 0 bridgehead atoms. The van der Waals surface area contributed by atoms with Crippen LogP contribution in [-0.2, 0) is 6.42 Å². The van der Waals surface area contributed by atoms with Gasteiger partial charge in [0.15, 0.2) is 0 Å². The highest BCUT2D eigenvalue weighted by Gasteiger charge is 1.99. The highest BCUT2D eigenvalue weighted by Crippen LogP contribution is 2.09. The molecule has 0 aliphatic carbocycles. The average molecular weight is 179 g/mol. The summed E-state index contributed by atoms with van der Waals surface area (Å²) in [6.07, 6.45) is 0.145. The third-order valence-corrected chi connectivity index (χ3v) is 1.48. The Labute approximate surface area is 78.8 Å². The van der Waals surface area contributed by atoms with Gasteiger partial charge in [0.1, 0.15) is 5.82 Å². The molecule has 2 heteroatoms. The SMILES string of the molecule is CC.Cc1ccc(CC#N)c(F)c1. The maximum atomic E-state index is 12.9. The number of benzene rings is 1. The van der Waals surface area contributed by atoms with Gasteiger partial charge in [0.05, 0.1) is 12.5 Å². The molecule has 0 aliphatic rings. The molecule has 1 aromatic carbocycles. The topological polar surface area (TPSA) is 23.8 Å². The van der Waals surface area contributed by atoms with E-state index in [2.05, 4.69) is 0 Å². The molecule has 0 heterocycles. The number of nitrogens with zero attached hydrogens (tertiary/aromatic N) is 1. The van der Waals surface area contributed by atoms with Crippen molar-refractivity contribution in [3.8, 4) is 6.07 Å². The van der Waals surface area contributed by atoms with Gasteiger partial charge < -0.3 is 0 Å². The second kappa shape index (κ2) is 6.19. The normalized spacial score (nSPS) is 8.23. The van der Waals surface area contributed by atoms with Crippen molar-refractivity contribution in [2.75, 3.05) is 0 Å². The number of nitriles is 1. The number of halogens is 1. The van der Waals surface area contributed by atoms with Gasteiger partial charge >= 0.3 is 0 Å². The zero-order chi connectivity index (χ0) is 10.3. The fraction of sp³-hybridized carbons (Fsp3) is 0.364. The van der Waals surface area contributed by atoms with Crippen LogP contribution < -0.4 is 0 Å². The maximum absolute atomic E-state index is 12.9. The Morgan fingerprint density at radius 3 is 2.46 bits per heavy atom. The summed E-state index contributed by atoms with van der Waals surface area (Å²) in [6, 6.07) is 6.79. The molecule has 0 atom stereocenters. The molecule has 0 amide bonds. The minimum Gasteiger partial charge on any atom is -0.207 e. The largest absolute Gasteiger partial charge is 0.207 e. The van der Waals surface area contributed by atoms with Crippen LogP contribution in [0, 0.1) is 24.1 Å². The summed E-state index contributed by atoms with van der Waals surface area (Å²) >= 11 is 0. The molecule has 0 saturated heterocycles. The van der Waals surface area contributed by atoms with Crippen LogP contribution in [0.25, 0.3) is 0 Å². The highest BCUT2D eigenvalue weighted by molar-refractivity contribution is 5.25. The van der Waals surface area contributed by atoms with Crippen molar-refractivity contribution in [1.82, 2.24) is 0 Å². The molecule has 0 N–H and O–H groups in total. The summed E-state index contributed by atoms with van der Waals surface area (Å²) in [7, 11) is 0. The Morgan fingerprint density at radius 1 is 1.38 bits per heavy atom. The van der Waals surface area contributed by atoms with Gasteiger partial charge in [-0.05, 0) is 18.6 Å². The number of hydrogen-bond acceptors (Lipinski definition) is 1. The lowest BCUT2D eigenvalue weighted by Gasteiger charge is -1.97. The van der Waals surface area contributed by atoms with Crippen molar-refractivity contribution in [3.63, 3.8) is 0 Å². The van der Waals surface area contributed by atoms with Crippen LogP contribution in [0.5, 0.6) is 0 Å². The summed E-state index contributed by atoms with van der Waals surface area (Å²) in [6.45, 7) is 5.82. The van der Waals surface area contributed by atoms with E-state index in [1.165, 1.54) is 6.07 Å². The van der Waals surface area contributed by atoms with Crippen LogP contribution in [0.3, 0.4) is 0 Å². The Bertz CT molecular complexity index is 299. The van der Waals surface area contributed by atoms with Crippen molar-refractivity contribution < 1.29 is 4.39 Å². The van der Waals surface area contributed by atoms with Crippen molar-refractivity contribution >= 4 is 0 Å². The fourth-order valence-corrected chi connectivity index (χ4v) is 0.881. The zero-order valence-electron chi connectivity index (χ0n) is 8.26. The van der Waals surface area contributed by atoms with Crippen LogP contribution >= 0.6 is 0 Å². The first-order valence-corrected chi connectivity index (χ1v) is 4.36. The van der Waals surface area contributed by atoms with E-state index >= 15 is 0 Å². The smallest absolute Gasteiger partial charge is 0.127 e. The van der Waals surface area contributed by atoms with Crippen LogP contribution in [0.1, 0.15) is 25.0 Å². The molecule has 0 radical (unpaired) electrons. The molecular formula is C11H14FN. The minimum atomic E-state index is -0.286. The predicted octanol–water partition coefficient (Wildman–Crippen LogP) is 3.23. The summed E-state index contributed by atoms with van der Waals surface area (Å²) in [5.74, 6) is -0.286. The summed E-state index contributed by atoms with van der Waals surface area (Å²) in [4.78, 5) is 0. The zero-order valence-corrected chi connectivity index (χ0v) is 8.26. The molecular weight excluding hydrogens is 165 g/mol. The molecule has 0 aromatic heterocycles. The van der Waals surface area contributed by atoms with Crippen molar-refractivity contribution in [1.29, 1.82) is 5.26 Å². The summed E-state index contributed by atoms with van der Waals surface area (Å²) in [5.41, 5.74) is 1.35. The van der Waals surface area contributed by atoms with Gasteiger partial charge in [-0.1, -0.05) is 26.0 Å². The second-order valence-electron chi connectivity index (χ2n) is 2.43. The van der Waals surface area contributed by atoms with E-state index in [1.54, 1.807) is 12.1 Å². The quantitative estimate of drug-likeness (QED) is 0.649. The third kappa shape index (κ3) is 3.71. The van der Waals surface area contributed by atoms with E-state index in [-0.39, 0.29) is 12.2 Å². The van der Waals surface area contributed by atoms with E-state index in [1.807, 2.05) is 26.8 Å². The van der Waals surface area contributed by atoms with Crippen molar-refractivity contribution in [3.05, 3.63) is 35.1 Å². The first-order chi connectivity index (χ1) is 6.24. The van der Waals surface area contributed by atoms with Crippen molar-refractivity contribution in [2.45, 2.75) is 27.2 Å². The van der Waals surface area contributed by atoms with Crippen LogP contribution in [0.15, 0.2) is 18.2 Å². The van der Waals surface area contributed by atoms with E-state index in [0.29, 0.717) is 5.56 Å². The fourth-order valence-electron chi connectivity index (χ4n) is 0.881. The van der Waals surface area contributed by atoms with Crippen LogP contribution in [0.4, 0.5) is 4.39 Å². The molecule has 13 heavy (non-hydrogen) atoms. The van der Waals surface area contributed by atoms with Crippen molar-refractivity contribution in [2.24, 2.45) is 0 Å². The predicted molar refractivity (Wildman–Crippen MR) is 51.8 cm³/mol. The molecule has 0 unspecified atom stereocenters. The Balaban J connectivity index is 0.000000671. The van der Waals surface area contributed by atoms with E-state index in [4.69, 9.17) is 5.26 Å². The first kappa shape index (κ1) is 11.6. The molecule has 0 saturated carbocycles. The Kier molecular flexibility index (Phi) is 5.54. The highest BCUT2D eigenvalue weighted by atomic mass is 19.1. The average Bonchev–Trinajstić information content (AvgIpc) is 2.14. The van der Waals surface area contributed by atoms with Crippen LogP contribution in [-0.4, -0.2) is 0 Å². The van der Waals surface area contributed by atoms with E-state index < -0.39 is 0 Å². The molecule has 1 rings (SSSR count). The lowest BCUT2D eigenvalue weighted by Crippen LogP contribution is -1.88. The molecule has 0 aliphatic heterocycles. The van der Waals surface area contributed by atoms with Gasteiger partial charge in [-0.25, -0.2) is 4.39 Å². The van der Waals surface area contributed by atoms with Gasteiger partial charge in [0.25, 0.3) is 0 Å². The molecule has 1 nitrogen and oxygen atoms in total. The minimum absolute atomic E-state index is 0.145. The standard InChI is InChI=1S/C9H8FN.C2H6/c1-7-2-3-8(4-5-11)9(10)6-7;1-2/h2-3,6H,4H2,1H3;1-2H3. The van der Waals surface area contributed by atoms with Gasteiger partial charge in [0.2, 0.25) is 0 Å². The van der Waals surface area contributed by atoms with Gasteiger partial charge in [-0.2, -0.15) is 5.26 Å². The third-order valence-electron chi connectivity index (χ3n) is 1.48. The van der Waals surface area contributed by atoms with Crippen LogP contribution in [0.2, 0.25) is 0 Å². The number of rotatable bonds is 1. The number of aryl methyl sites for hydroxylation is 1. The summed E-state index contributed by atoms with van der Waals surface area (Å²) < 4.78 is 12.9. The monoisotopic (exact) mass is 179 g/mol. The second-order valence-corrected chi connectivity index (χ2v) is 2.43. The molecule has 0 spiro atoms. The Morgan fingerprint density at radius 2 is 2.00 bits per heavy atom.